The van der Waals surface area contributed by atoms with Gasteiger partial charge in [0.2, 0.25) is 17.7 Å². The number of nitrogens with zero attached hydrogens (tertiary/aromatic N) is 1. The molecule has 1 saturated carbocycles. The molecule has 1 aromatic rings. The number of carbonyl (C=O) groups excluding carboxylic acids is 3. The fraction of sp³-hybridized carbons (Fsp3) is 0.621. The van der Waals surface area contributed by atoms with Crippen molar-refractivity contribution in [1.82, 2.24) is 10.2 Å². The van der Waals surface area contributed by atoms with E-state index in [-0.39, 0.29) is 23.8 Å². The zero-order chi connectivity index (χ0) is 26.3. The largest absolute Gasteiger partial charge is 0.497 e. The van der Waals surface area contributed by atoms with Crippen LogP contribution < -0.4 is 15.4 Å². The summed E-state index contributed by atoms with van der Waals surface area (Å²) in [6.07, 6.45) is 8.26. The first-order valence-electron chi connectivity index (χ1n) is 13.7. The molecule has 7 atom stereocenters. The Morgan fingerprint density at radius 2 is 2.00 bits per heavy atom. The minimum absolute atomic E-state index is 0.0912. The van der Waals surface area contributed by atoms with Gasteiger partial charge < -0.3 is 25.0 Å². The first-order valence-corrected chi connectivity index (χ1v) is 13.7. The van der Waals surface area contributed by atoms with Gasteiger partial charge in [-0.05, 0) is 43.2 Å². The van der Waals surface area contributed by atoms with E-state index < -0.39 is 29.6 Å². The molecule has 37 heavy (non-hydrogen) atoms. The van der Waals surface area contributed by atoms with Crippen molar-refractivity contribution in [2.75, 3.05) is 19.0 Å². The standard InChI is InChI=1S/C29H39N3O5/c1-17(2)13-15-32-25(27(34)31-21-11-6-5-8-18(21)3)29-14-12-22(37-29)23(24(29)28(32)35)26(33)30-19-9-7-10-20(16-19)36-4/h7,9-10,12,14,16-18,21-25H,5-6,8,11,13,15H2,1-4H3,(H,30,33)(H,31,34)/t18-,21-,22-,23+,24-,25-,29-/m1/s1. The third-order valence-electron chi connectivity index (χ3n) is 8.65. The third-order valence-corrected chi connectivity index (χ3v) is 8.65. The smallest absolute Gasteiger partial charge is 0.246 e. The van der Waals surface area contributed by atoms with Gasteiger partial charge in [-0.2, -0.15) is 0 Å². The Bertz CT molecular complexity index is 1090. The summed E-state index contributed by atoms with van der Waals surface area (Å²) in [6.45, 7) is 6.84. The van der Waals surface area contributed by atoms with Crippen LogP contribution in [0.3, 0.4) is 0 Å². The summed E-state index contributed by atoms with van der Waals surface area (Å²) in [7, 11) is 1.57. The molecular formula is C29H39N3O5. The van der Waals surface area contributed by atoms with Crippen molar-refractivity contribution in [3.05, 3.63) is 36.4 Å². The Balaban J connectivity index is 1.43. The molecule has 8 nitrogen and oxygen atoms in total. The molecule has 5 rings (SSSR count). The van der Waals surface area contributed by atoms with Crippen LogP contribution in [0.5, 0.6) is 5.75 Å². The number of likely N-dealkylation sites (tertiary alicyclic amines) is 1. The van der Waals surface area contributed by atoms with E-state index in [0.717, 1.165) is 25.7 Å². The van der Waals surface area contributed by atoms with Crippen LogP contribution in [0.4, 0.5) is 5.69 Å². The van der Waals surface area contributed by atoms with Crippen LogP contribution in [0.25, 0.3) is 0 Å². The van der Waals surface area contributed by atoms with E-state index in [0.29, 0.717) is 29.8 Å². The van der Waals surface area contributed by atoms with E-state index in [2.05, 4.69) is 31.4 Å². The average molecular weight is 510 g/mol. The molecule has 2 saturated heterocycles. The van der Waals surface area contributed by atoms with Crippen molar-refractivity contribution >= 4 is 23.4 Å². The maximum absolute atomic E-state index is 14.0. The number of hydrogen-bond acceptors (Lipinski definition) is 5. The van der Waals surface area contributed by atoms with E-state index in [9.17, 15) is 14.4 Å². The molecule has 4 aliphatic rings. The van der Waals surface area contributed by atoms with E-state index in [1.807, 2.05) is 12.2 Å². The molecule has 0 radical (unpaired) electrons. The van der Waals surface area contributed by atoms with Gasteiger partial charge in [0.05, 0.1) is 25.0 Å². The second-order valence-electron chi connectivity index (χ2n) is 11.5. The molecule has 0 aromatic heterocycles. The average Bonchev–Trinajstić information content (AvgIpc) is 3.51. The minimum atomic E-state index is -1.13. The zero-order valence-electron chi connectivity index (χ0n) is 22.2. The normalized spacial score (nSPS) is 34.1. The molecule has 8 heteroatoms. The highest BCUT2D eigenvalue weighted by Gasteiger charge is 2.72. The van der Waals surface area contributed by atoms with E-state index >= 15 is 0 Å². The van der Waals surface area contributed by atoms with Gasteiger partial charge in [-0.15, -0.1) is 0 Å². The molecule has 2 N–H and O–H groups in total. The molecule has 1 aliphatic carbocycles. The second kappa shape index (κ2) is 10.1. The number of ether oxygens (including phenoxy) is 2. The van der Waals surface area contributed by atoms with Gasteiger partial charge in [0.25, 0.3) is 0 Å². The van der Waals surface area contributed by atoms with E-state index in [4.69, 9.17) is 9.47 Å². The highest BCUT2D eigenvalue weighted by molar-refractivity contribution is 6.02. The lowest BCUT2D eigenvalue weighted by atomic mass is 9.74. The van der Waals surface area contributed by atoms with Crippen LogP contribution in [0.1, 0.15) is 52.9 Å². The molecule has 2 bridgehead atoms. The molecule has 3 aliphatic heterocycles. The molecule has 1 aromatic carbocycles. The molecular weight excluding hydrogens is 470 g/mol. The highest BCUT2D eigenvalue weighted by Crippen LogP contribution is 2.55. The first-order chi connectivity index (χ1) is 17.7. The predicted octanol–water partition coefficient (Wildman–Crippen LogP) is 3.53. The maximum atomic E-state index is 14.0. The van der Waals surface area contributed by atoms with Crippen molar-refractivity contribution in [3.8, 4) is 5.75 Å². The number of rotatable bonds is 8. The van der Waals surface area contributed by atoms with Crippen molar-refractivity contribution in [3.63, 3.8) is 0 Å². The topological polar surface area (TPSA) is 97.0 Å². The van der Waals surface area contributed by atoms with Crippen LogP contribution in [-0.4, -0.2) is 60.1 Å². The Morgan fingerprint density at radius 1 is 1.22 bits per heavy atom. The number of amides is 3. The van der Waals surface area contributed by atoms with Gasteiger partial charge >= 0.3 is 0 Å². The summed E-state index contributed by atoms with van der Waals surface area (Å²) < 4.78 is 11.7. The van der Waals surface area contributed by atoms with E-state index in [1.54, 1.807) is 36.3 Å². The Morgan fingerprint density at radius 3 is 2.73 bits per heavy atom. The fourth-order valence-corrected chi connectivity index (χ4v) is 6.62. The predicted molar refractivity (Wildman–Crippen MR) is 140 cm³/mol. The summed E-state index contributed by atoms with van der Waals surface area (Å²) >= 11 is 0. The SMILES string of the molecule is COc1cccc(NC(=O)[C@H]2[C@H]3C=C[C@@]4(O3)[C@H]2C(=O)N(CCC(C)C)[C@@H]4C(=O)N[C@@H]2CCCC[C@H]2C)c1. The number of carbonyl (C=O) groups is 3. The third kappa shape index (κ3) is 4.54. The molecule has 1 spiro atoms. The molecule has 3 heterocycles. The van der Waals surface area contributed by atoms with Gasteiger partial charge in [-0.3, -0.25) is 14.4 Å². The van der Waals surface area contributed by atoms with Gasteiger partial charge in [0.15, 0.2) is 0 Å². The quantitative estimate of drug-likeness (QED) is 0.523. The van der Waals surface area contributed by atoms with Crippen LogP contribution >= 0.6 is 0 Å². The lowest BCUT2D eigenvalue weighted by molar-refractivity contribution is -0.141. The summed E-state index contributed by atoms with van der Waals surface area (Å²) in [6, 6.07) is 6.44. The summed E-state index contributed by atoms with van der Waals surface area (Å²) in [4.78, 5) is 43.1. The summed E-state index contributed by atoms with van der Waals surface area (Å²) in [5, 5.41) is 6.22. The van der Waals surface area contributed by atoms with Crippen LogP contribution in [0.2, 0.25) is 0 Å². The van der Waals surface area contributed by atoms with Gasteiger partial charge in [0.1, 0.15) is 17.4 Å². The van der Waals surface area contributed by atoms with Crippen LogP contribution in [0, 0.1) is 23.7 Å². The van der Waals surface area contributed by atoms with Crippen molar-refractivity contribution in [1.29, 1.82) is 0 Å². The summed E-state index contributed by atoms with van der Waals surface area (Å²) in [5.74, 6) is -0.681. The van der Waals surface area contributed by atoms with Crippen LogP contribution in [-0.2, 0) is 19.1 Å². The molecule has 3 amide bonds. The fourth-order valence-electron chi connectivity index (χ4n) is 6.62. The monoisotopic (exact) mass is 509 g/mol. The number of anilines is 1. The summed E-state index contributed by atoms with van der Waals surface area (Å²) in [5.41, 5.74) is -0.537. The lowest BCUT2D eigenvalue weighted by Gasteiger charge is -2.36. The van der Waals surface area contributed by atoms with Crippen LogP contribution in [0.15, 0.2) is 36.4 Å². The lowest BCUT2D eigenvalue weighted by Crippen LogP contribution is -2.57. The van der Waals surface area contributed by atoms with Gasteiger partial charge in [-0.25, -0.2) is 0 Å². The second-order valence-corrected chi connectivity index (χ2v) is 11.5. The van der Waals surface area contributed by atoms with Gasteiger partial charge in [0, 0.05) is 24.3 Å². The molecule has 3 fully saturated rings. The van der Waals surface area contributed by atoms with Crippen molar-refractivity contribution in [2.24, 2.45) is 23.7 Å². The Kier molecular flexibility index (Phi) is 7.05. The Labute approximate surface area is 219 Å². The first kappa shape index (κ1) is 25.8. The van der Waals surface area contributed by atoms with Crippen molar-refractivity contribution < 1.29 is 23.9 Å². The maximum Gasteiger partial charge on any atom is 0.246 e. The zero-order valence-corrected chi connectivity index (χ0v) is 22.2. The molecule has 200 valence electrons. The van der Waals surface area contributed by atoms with Crippen molar-refractivity contribution in [2.45, 2.75) is 76.7 Å². The number of methoxy groups -OCH3 is 1. The minimum Gasteiger partial charge on any atom is -0.497 e. The number of hydrogen-bond donors (Lipinski definition) is 2. The van der Waals surface area contributed by atoms with Gasteiger partial charge in [-0.1, -0.05) is 51.8 Å². The number of nitrogens with one attached hydrogen (secondary N) is 2. The highest BCUT2D eigenvalue weighted by atomic mass is 16.5. The Hall–Kier alpha value is -2.87. The number of fused-ring (bicyclic) bond motifs is 1. The number of benzene rings is 1. The van der Waals surface area contributed by atoms with E-state index in [1.165, 1.54) is 6.42 Å². The molecule has 0 unspecified atom stereocenters.